The molecule has 0 unspecified atom stereocenters. The number of benzene rings is 3. The van der Waals surface area contributed by atoms with Gasteiger partial charge >= 0.3 is 0 Å². The highest BCUT2D eigenvalue weighted by Gasteiger charge is 2.17. The molecule has 4 aromatic rings. The maximum absolute atomic E-state index is 13.0. The van der Waals surface area contributed by atoms with Crippen LogP contribution in [0.5, 0.6) is 0 Å². The van der Waals surface area contributed by atoms with Gasteiger partial charge in [0.25, 0.3) is 11.5 Å². The molecule has 1 heterocycles. The number of carbonyl (C=O) groups is 1. The Kier molecular flexibility index (Phi) is 5.16. The lowest BCUT2D eigenvalue weighted by Gasteiger charge is -2.11. The van der Waals surface area contributed by atoms with Gasteiger partial charge < -0.3 is 5.32 Å². The second-order valence-electron chi connectivity index (χ2n) is 6.58. The van der Waals surface area contributed by atoms with Gasteiger partial charge in [-0.25, -0.2) is 4.39 Å². The third-order valence-electron chi connectivity index (χ3n) is 4.63. The van der Waals surface area contributed by atoms with Crippen LogP contribution in [-0.4, -0.2) is 22.2 Å². The highest BCUT2D eigenvalue weighted by Crippen LogP contribution is 2.15. The first-order valence-corrected chi connectivity index (χ1v) is 9.23. The Hall–Kier alpha value is -3.80. The van der Waals surface area contributed by atoms with Crippen LogP contribution >= 0.6 is 0 Å². The Morgan fingerprint density at radius 3 is 2.28 bits per heavy atom. The highest BCUT2D eigenvalue weighted by molar-refractivity contribution is 6.04. The first-order valence-electron chi connectivity index (χ1n) is 9.23. The molecule has 0 bridgehead atoms. The molecule has 29 heavy (non-hydrogen) atoms. The third kappa shape index (κ3) is 3.91. The van der Waals surface area contributed by atoms with Gasteiger partial charge in [-0.3, -0.25) is 9.59 Å². The van der Waals surface area contributed by atoms with Gasteiger partial charge in [-0.05, 0) is 42.3 Å². The summed E-state index contributed by atoms with van der Waals surface area (Å²) in [5.41, 5.74) is 1.40. The van der Waals surface area contributed by atoms with Gasteiger partial charge in [-0.15, -0.1) is 0 Å². The fourth-order valence-corrected chi connectivity index (χ4v) is 3.16. The zero-order valence-corrected chi connectivity index (χ0v) is 15.5. The quantitative estimate of drug-likeness (QED) is 0.570. The van der Waals surface area contributed by atoms with Crippen LogP contribution in [0.4, 0.5) is 4.39 Å². The van der Waals surface area contributed by atoms with E-state index in [2.05, 4.69) is 10.4 Å². The molecule has 0 fully saturated rings. The smallest absolute Gasteiger partial charge is 0.279 e. The molecule has 5 nitrogen and oxygen atoms in total. The Labute approximate surface area is 166 Å². The lowest BCUT2D eigenvalue weighted by molar-refractivity contribution is 0.0949. The Morgan fingerprint density at radius 1 is 0.897 bits per heavy atom. The van der Waals surface area contributed by atoms with E-state index in [0.29, 0.717) is 29.4 Å². The van der Waals surface area contributed by atoms with Crippen molar-refractivity contribution in [2.24, 2.45) is 0 Å². The third-order valence-corrected chi connectivity index (χ3v) is 4.63. The predicted octanol–water partition coefficient (Wildman–Crippen LogP) is 3.50. The highest BCUT2D eigenvalue weighted by atomic mass is 19.1. The SMILES string of the molecule is O=C(NCCc1ccc(F)cc1)c1nn(-c2ccccc2)c(=O)c2ccccc12. The minimum atomic E-state index is -0.368. The van der Waals surface area contributed by atoms with E-state index in [9.17, 15) is 14.0 Å². The first-order chi connectivity index (χ1) is 14.1. The topological polar surface area (TPSA) is 64.0 Å². The van der Waals surface area contributed by atoms with E-state index in [4.69, 9.17) is 0 Å². The first kappa shape index (κ1) is 18.6. The zero-order chi connectivity index (χ0) is 20.2. The Morgan fingerprint density at radius 2 is 1.55 bits per heavy atom. The molecule has 144 valence electrons. The molecule has 0 aliphatic heterocycles. The second-order valence-corrected chi connectivity index (χ2v) is 6.58. The molecular formula is C23H18FN3O2. The van der Waals surface area contributed by atoms with Crippen molar-refractivity contribution in [1.29, 1.82) is 0 Å². The minimum Gasteiger partial charge on any atom is -0.350 e. The van der Waals surface area contributed by atoms with Gasteiger partial charge in [-0.1, -0.05) is 48.5 Å². The molecule has 0 spiro atoms. The van der Waals surface area contributed by atoms with Crippen molar-refractivity contribution in [2.45, 2.75) is 6.42 Å². The number of nitrogens with zero attached hydrogens (tertiary/aromatic N) is 2. The lowest BCUT2D eigenvalue weighted by atomic mass is 10.1. The van der Waals surface area contributed by atoms with E-state index in [1.54, 1.807) is 60.7 Å². The van der Waals surface area contributed by atoms with Gasteiger partial charge in [0.15, 0.2) is 5.69 Å². The zero-order valence-electron chi connectivity index (χ0n) is 15.5. The summed E-state index contributed by atoms with van der Waals surface area (Å²) in [6, 6.07) is 22.1. The van der Waals surface area contributed by atoms with Crippen LogP contribution in [0.2, 0.25) is 0 Å². The Bertz CT molecular complexity index is 1220. The van der Waals surface area contributed by atoms with E-state index in [0.717, 1.165) is 5.56 Å². The van der Waals surface area contributed by atoms with Gasteiger partial charge in [0.1, 0.15) is 5.82 Å². The maximum atomic E-state index is 13.0. The molecule has 0 saturated carbocycles. The van der Waals surface area contributed by atoms with Crippen LogP contribution in [0.3, 0.4) is 0 Å². The van der Waals surface area contributed by atoms with E-state index in [1.165, 1.54) is 16.8 Å². The number of para-hydroxylation sites is 1. The van der Waals surface area contributed by atoms with Crippen LogP contribution in [0.15, 0.2) is 83.7 Å². The summed E-state index contributed by atoms with van der Waals surface area (Å²) in [4.78, 5) is 25.7. The van der Waals surface area contributed by atoms with Crippen LogP contribution in [0.1, 0.15) is 16.1 Å². The maximum Gasteiger partial charge on any atom is 0.279 e. The number of hydrogen-bond donors (Lipinski definition) is 1. The molecule has 1 amide bonds. The summed E-state index contributed by atoms with van der Waals surface area (Å²) in [6.07, 6.45) is 0.558. The molecule has 0 aliphatic carbocycles. The monoisotopic (exact) mass is 387 g/mol. The standard InChI is InChI=1S/C23H18FN3O2/c24-17-12-10-16(11-13-17)14-15-25-22(28)21-19-8-4-5-9-20(19)23(29)27(26-21)18-6-2-1-3-7-18/h1-13H,14-15H2,(H,25,28). The summed E-state index contributed by atoms with van der Waals surface area (Å²) >= 11 is 0. The average molecular weight is 387 g/mol. The van der Waals surface area contributed by atoms with Gasteiger partial charge in [0, 0.05) is 11.9 Å². The number of rotatable bonds is 5. The molecule has 6 heteroatoms. The molecular weight excluding hydrogens is 369 g/mol. The number of amides is 1. The molecule has 0 radical (unpaired) electrons. The van der Waals surface area contributed by atoms with E-state index in [1.807, 2.05) is 6.07 Å². The Balaban J connectivity index is 1.65. The fourth-order valence-electron chi connectivity index (χ4n) is 3.16. The van der Waals surface area contributed by atoms with E-state index < -0.39 is 0 Å². The summed E-state index contributed by atoms with van der Waals surface area (Å²) < 4.78 is 14.3. The summed E-state index contributed by atoms with van der Waals surface area (Å²) in [5, 5.41) is 8.12. The molecule has 3 aromatic carbocycles. The van der Waals surface area contributed by atoms with Gasteiger partial charge in [-0.2, -0.15) is 9.78 Å². The second kappa shape index (κ2) is 8.06. The van der Waals surface area contributed by atoms with Crippen molar-refractivity contribution in [3.63, 3.8) is 0 Å². The van der Waals surface area contributed by atoms with Crippen molar-refractivity contribution in [3.05, 3.63) is 106 Å². The molecule has 1 N–H and O–H groups in total. The van der Waals surface area contributed by atoms with E-state index in [-0.39, 0.29) is 23.0 Å². The lowest BCUT2D eigenvalue weighted by Crippen LogP contribution is -2.31. The molecule has 4 rings (SSSR count). The molecule has 0 aliphatic rings. The largest absolute Gasteiger partial charge is 0.350 e. The van der Waals surface area contributed by atoms with Crippen LogP contribution in [-0.2, 0) is 6.42 Å². The van der Waals surface area contributed by atoms with Crippen LogP contribution in [0, 0.1) is 5.82 Å². The van der Waals surface area contributed by atoms with Crippen molar-refractivity contribution < 1.29 is 9.18 Å². The molecule has 1 aromatic heterocycles. The van der Waals surface area contributed by atoms with Crippen molar-refractivity contribution in [2.75, 3.05) is 6.54 Å². The molecule has 0 saturated heterocycles. The number of hydrogen-bond acceptors (Lipinski definition) is 3. The number of carbonyl (C=O) groups excluding carboxylic acids is 1. The normalized spacial score (nSPS) is 10.8. The minimum absolute atomic E-state index is 0.183. The van der Waals surface area contributed by atoms with Crippen molar-refractivity contribution >= 4 is 16.7 Å². The average Bonchev–Trinajstić information content (AvgIpc) is 2.76. The van der Waals surface area contributed by atoms with Crippen molar-refractivity contribution in [3.8, 4) is 5.69 Å². The summed E-state index contributed by atoms with van der Waals surface area (Å²) in [5.74, 6) is -0.662. The predicted molar refractivity (Wildman–Crippen MR) is 110 cm³/mol. The number of fused-ring (bicyclic) bond motifs is 1. The molecule has 0 atom stereocenters. The fraction of sp³-hybridized carbons (Fsp3) is 0.0870. The van der Waals surface area contributed by atoms with E-state index >= 15 is 0 Å². The van der Waals surface area contributed by atoms with Gasteiger partial charge in [0.2, 0.25) is 0 Å². The number of aromatic nitrogens is 2. The van der Waals surface area contributed by atoms with Gasteiger partial charge in [0.05, 0.1) is 11.1 Å². The van der Waals surface area contributed by atoms with Crippen LogP contribution < -0.4 is 10.9 Å². The van der Waals surface area contributed by atoms with Crippen LogP contribution in [0.25, 0.3) is 16.5 Å². The number of nitrogens with one attached hydrogen (secondary N) is 1. The number of halogens is 1. The summed E-state index contributed by atoms with van der Waals surface area (Å²) in [7, 11) is 0. The summed E-state index contributed by atoms with van der Waals surface area (Å²) in [6.45, 7) is 0.366. The van der Waals surface area contributed by atoms with Crippen molar-refractivity contribution in [1.82, 2.24) is 15.1 Å².